The standard InChI is InChI=1S/C11H22N2O2.C8H14O.C2H6/c1-9(2)7-8-13-11(15)6-4-5-10(14)12-3;1-7(9)8-5-3-2-4-6-8;1-2/h9H,4-8H2,1-3H3,(H,12,14)(H,13,15);8H,2-6H2,1H3;1-2H3. The third kappa shape index (κ3) is 17.4. The van der Waals surface area contributed by atoms with E-state index in [0.717, 1.165) is 25.8 Å². The minimum Gasteiger partial charge on any atom is -0.359 e. The molecule has 0 aromatic carbocycles. The fourth-order valence-electron chi connectivity index (χ4n) is 2.63. The first kappa shape index (κ1) is 26.8. The number of nitrogens with one attached hydrogen (secondary N) is 2. The van der Waals surface area contributed by atoms with Crippen LogP contribution in [0.25, 0.3) is 0 Å². The summed E-state index contributed by atoms with van der Waals surface area (Å²) < 4.78 is 0. The van der Waals surface area contributed by atoms with Gasteiger partial charge in [-0.1, -0.05) is 47.0 Å². The van der Waals surface area contributed by atoms with E-state index in [1.54, 1.807) is 14.0 Å². The Kier molecular flexibility index (Phi) is 19.0. The van der Waals surface area contributed by atoms with Crippen molar-refractivity contribution in [1.82, 2.24) is 10.6 Å². The maximum atomic E-state index is 11.3. The fourth-order valence-corrected chi connectivity index (χ4v) is 2.63. The number of rotatable bonds is 8. The van der Waals surface area contributed by atoms with E-state index in [1.807, 2.05) is 13.8 Å². The van der Waals surface area contributed by atoms with Crippen LogP contribution in [0.5, 0.6) is 0 Å². The van der Waals surface area contributed by atoms with Crippen LogP contribution in [0.2, 0.25) is 0 Å². The van der Waals surface area contributed by atoms with Gasteiger partial charge in [0.15, 0.2) is 0 Å². The predicted molar refractivity (Wildman–Crippen MR) is 109 cm³/mol. The Balaban J connectivity index is 0. The third-order valence-electron chi connectivity index (χ3n) is 4.31. The van der Waals surface area contributed by atoms with Crippen LogP contribution in [0.4, 0.5) is 0 Å². The first-order valence-electron chi connectivity index (χ1n) is 10.3. The summed E-state index contributed by atoms with van der Waals surface area (Å²) in [4.78, 5) is 32.9. The molecule has 2 amide bonds. The van der Waals surface area contributed by atoms with Gasteiger partial charge in [0.2, 0.25) is 11.8 Å². The lowest BCUT2D eigenvalue weighted by Gasteiger charge is -2.17. The zero-order chi connectivity index (χ0) is 20.4. The Morgan fingerprint density at radius 2 is 1.50 bits per heavy atom. The van der Waals surface area contributed by atoms with E-state index < -0.39 is 0 Å². The molecule has 0 aromatic rings. The highest BCUT2D eigenvalue weighted by Crippen LogP contribution is 2.23. The van der Waals surface area contributed by atoms with E-state index in [-0.39, 0.29) is 11.8 Å². The Morgan fingerprint density at radius 3 is 1.92 bits per heavy atom. The number of hydrogen-bond donors (Lipinski definition) is 2. The highest BCUT2D eigenvalue weighted by Gasteiger charge is 2.16. The van der Waals surface area contributed by atoms with Gasteiger partial charge in [0.05, 0.1) is 0 Å². The van der Waals surface area contributed by atoms with Crippen LogP contribution in [-0.2, 0) is 14.4 Å². The van der Waals surface area contributed by atoms with Crippen molar-refractivity contribution in [2.75, 3.05) is 13.6 Å². The molecule has 0 radical (unpaired) electrons. The molecular formula is C21H42N2O3. The van der Waals surface area contributed by atoms with Crippen molar-refractivity contribution in [1.29, 1.82) is 0 Å². The Bertz CT molecular complexity index is 375. The average Bonchev–Trinajstić information content (AvgIpc) is 2.64. The van der Waals surface area contributed by atoms with Crippen molar-refractivity contribution in [3.8, 4) is 0 Å². The van der Waals surface area contributed by atoms with Crippen LogP contribution in [0.3, 0.4) is 0 Å². The molecule has 26 heavy (non-hydrogen) atoms. The minimum absolute atomic E-state index is 0.00928. The number of hydrogen-bond acceptors (Lipinski definition) is 3. The summed E-state index contributed by atoms with van der Waals surface area (Å²) in [5.41, 5.74) is 0. The largest absolute Gasteiger partial charge is 0.359 e. The Morgan fingerprint density at radius 1 is 0.962 bits per heavy atom. The van der Waals surface area contributed by atoms with Gasteiger partial charge in [-0.05, 0) is 38.5 Å². The van der Waals surface area contributed by atoms with Crippen LogP contribution in [0.1, 0.15) is 92.4 Å². The zero-order valence-corrected chi connectivity index (χ0v) is 18.0. The lowest BCUT2D eigenvalue weighted by Crippen LogP contribution is -2.25. The molecule has 0 aromatic heterocycles. The van der Waals surface area contributed by atoms with Gasteiger partial charge < -0.3 is 10.6 Å². The second-order valence-electron chi connectivity index (χ2n) is 7.00. The zero-order valence-electron chi connectivity index (χ0n) is 18.0. The molecule has 0 bridgehead atoms. The summed E-state index contributed by atoms with van der Waals surface area (Å²) in [6, 6.07) is 0. The summed E-state index contributed by atoms with van der Waals surface area (Å²) >= 11 is 0. The molecule has 0 unspecified atom stereocenters. The first-order chi connectivity index (χ1) is 12.4. The van der Waals surface area contributed by atoms with E-state index in [2.05, 4.69) is 24.5 Å². The second-order valence-corrected chi connectivity index (χ2v) is 7.00. The molecule has 1 fully saturated rings. The maximum Gasteiger partial charge on any atom is 0.220 e. The van der Waals surface area contributed by atoms with Crippen LogP contribution in [0.15, 0.2) is 0 Å². The van der Waals surface area contributed by atoms with Crippen molar-refractivity contribution >= 4 is 17.6 Å². The van der Waals surface area contributed by atoms with Gasteiger partial charge in [0, 0.05) is 32.4 Å². The van der Waals surface area contributed by atoms with E-state index in [1.165, 1.54) is 19.3 Å². The van der Waals surface area contributed by atoms with Gasteiger partial charge in [-0.2, -0.15) is 0 Å². The number of carbonyl (C=O) groups is 3. The normalized spacial score (nSPS) is 13.7. The van der Waals surface area contributed by atoms with Crippen molar-refractivity contribution < 1.29 is 14.4 Å². The van der Waals surface area contributed by atoms with Crippen LogP contribution < -0.4 is 10.6 Å². The van der Waals surface area contributed by atoms with Crippen LogP contribution in [0, 0.1) is 11.8 Å². The van der Waals surface area contributed by atoms with E-state index in [4.69, 9.17) is 0 Å². The van der Waals surface area contributed by atoms with E-state index in [0.29, 0.717) is 36.9 Å². The highest BCUT2D eigenvalue weighted by atomic mass is 16.2. The summed E-state index contributed by atoms with van der Waals surface area (Å²) in [6.45, 7) is 10.7. The molecule has 1 aliphatic rings. The first-order valence-corrected chi connectivity index (χ1v) is 10.3. The maximum absolute atomic E-state index is 11.3. The number of ketones is 1. The lowest BCUT2D eigenvalue weighted by atomic mass is 9.87. The molecule has 0 heterocycles. The molecule has 5 heteroatoms. The fraction of sp³-hybridized carbons (Fsp3) is 0.857. The highest BCUT2D eigenvalue weighted by molar-refractivity contribution is 5.78. The predicted octanol–water partition coefficient (Wildman–Crippen LogP) is 4.25. The molecule has 0 aliphatic heterocycles. The molecule has 154 valence electrons. The number of carbonyl (C=O) groups excluding carboxylic acids is 3. The molecule has 0 atom stereocenters. The van der Waals surface area contributed by atoms with Crippen molar-refractivity contribution in [3.63, 3.8) is 0 Å². The van der Waals surface area contributed by atoms with Gasteiger partial charge in [0.25, 0.3) is 0 Å². The molecule has 0 spiro atoms. The summed E-state index contributed by atoms with van der Waals surface area (Å²) in [6.07, 6.45) is 8.65. The van der Waals surface area contributed by atoms with Crippen molar-refractivity contribution in [2.45, 2.75) is 92.4 Å². The summed E-state index contributed by atoms with van der Waals surface area (Å²) in [7, 11) is 1.60. The summed E-state index contributed by atoms with van der Waals surface area (Å²) in [5, 5.41) is 5.36. The molecule has 1 rings (SSSR count). The average molecular weight is 371 g/mol. The smallest absolute Gasteiger partial charge is 0.220 e. The molecule has 5 nitrogen and oxygen atoms in total. The van der Waals surface area contributed by atoms with Crippen LogP contribution >= 0.6 is 0 Å². The van der Waals surface area contributed by atoms with Crippen molar-refractivity contribution in [2.24, 2.45) is 11.8 Å². The SMILES string of the molecule is CC.CC(=O)C1CCCCC1.CNC(=O)CCCC(=O)NCCC(C)C. The quantitative estimate of drug-likeness (QED) is 0.671. The van der Waals surface area contributed by atoms with Gasteiger partial charge >= 0.3 is 0 Å². The molecule has 2 N–H and O–H groups in total. The minimum atomic E-state index is -0.00928. The number of Topliss-reactive ketones (excluding diaryl/α,β-unsaturated/α-hetero) is 1. The Labute approximate surface area is 161 Å². The van der Waals surface area contributed by atoms with Gasteiger partial charge in [-0.25, -0.2) is 0 Å². The third-order valence-corrected chi connectivity index (χ3v) is 4.31. The van der Waals surface area contributed by atoms with Gasteiger partial charge in [-0.15, -0.1) is 0 Å². The van der Waals surface area contributed by atoms with Crippen molar-refractivity contribution in [3.05, 3.63) is 0 Å². The topological polar surface area (TPSA) is 75.3 Å². The molecular weight excluding hydrogens is 328 g/mol. The van der Waals surface area contributed by atoms with E-state index in [9.17, 15) is 14.4 Å². The molecule has 1 aliphatic carbocycles. The number of amides is 2. The van der Waals surface area contributed by atoms with Gasteiger partial charge in [-0.3, -0.25) is 14.4 Å². The van der Waals surface area contributed by atoms with Gasteiger partial charge in [0.1, 0.15) is 5.78 Å². The summed E-state index contributed by atoms with van der Waals surface area (Å²) in [5.74, 6) is 1.45. The Hall–Kier alpha value is -1.39. The molecule has 1 saturated carbocycles. The van der Waals surface area contributed by atoms with Crippen LogP contribution in [-0.4, -0.2) is 31.2 Å². The monoisotopic (exact) mass is 370 g/mol. The lowest BCUT2D eigenvalue weighted by molar-refractivity contribution is -0.123. The van der Waals surface area contributed by atoms with E-state index >= 15 is 0 Å². The second kappa shape index (κ2) is 18.4. The molecule has 0 saturated heterocycles.